The molecule has 228 valence electrons. The minimum Gasteiger partial charge on any atom is -0.485 e. The zero-order valence-corrected chi connectivity index (χ0v) is 25.2. The van der Waals surface area contributed by atoms with Crippen molar-refractivity contribution < 1.29 is 27.8 Å². The van der Waals surface area contributed by atoms with Gasteiger partial charge in [0.1, 0.15) is 36.0 Å². The van der Waals surface area contributed by atoms with E-state index in [2.05, 4.69) is 14.9 Å². The molecule has 3 aliphatic heterocycles. The first kappa shape index (κ1) is 28.7. The van der Waals surface area contributed by atoms with Gasteiger partial charge in [0.25, 0.3) is 0 Å². The number of fused-ring (bicyclic) bond motifs is 2. The number of aliphatic hydroxyl groups is 1. The van der Waals surface area contributed by atoms with Gasteiger partial charge in [-0.2, -0.15) is 9.97 Å². The summed E-state index contributed by atoms with van der Waals surface area (Å²) in [6.07, 6.45) is 0.101. The third kappa shape index (κ3) is 4.65. The van der Waals surface area contributed by atoms with Crippen LogP contribution >= 0.6 is 22.9 Å². The molecule has 2 saturated heterocycles. The average molecular weight is 634 g/mol. The van der Waals surface area contributed by atoms with Crippen LogP contribution in [-0.2, 0) is 0 Å². The van der Waals surface area contributed by atoms with Gasteiger partial charge in [0.15, 0.2) is 11.6 Å². The second-order valence-corrected chi connectivity index (χ2v) is 13.3. The standard InChI is InChI=1S/C30H31ClF3N5O3S/c1-14(40)19-6-9-38(2)28-22-25(36-29(37-28)41-13-30-7-3-8-39(30)12-15(32)11-30)24(34)21(23(31)26(22)42-19)16-4-5-18(33)27-17(16)10-20(35)43-27/h4-5,10,14-15,19,40H,3,6-9,11-13,35H2,1-2H3/t14?,15-,19?,30+/m1/s1. The predicted octanol–water partition coefficient (Wildman–Crippen LogP) is 5.95. The fourth-order valence-corrected chi connectivity index (χ4v) is 8.06. The topological polar surface area (TPSA) is 97.0 Å². The van der Waals surface area contributed by atoms with Gasteiger partial charge in [-0.25, -0.2) is 13.2 Å². The third-order valence-corrected chi connectivity index (χ3v) is 10.3. The lowest BCUT2D eigenvalue weighted by molar-refractivity contribution is 0.0452. The van der Waals surface area contributed by atoms with Crippen molar-refractivity contribution in [2.45, 2.75) is 56.5 Å². The second kappa shape index (κ2) is 10.5. The molecule has 0 radical (unpaired) electrons. The van der Waals surface area contributed by atoms with E-state index in [1.165, 1.54) is 12.1 Å². The van der Waals surface area contributed by atoms with Crippen LogP contribution in [0.2, 0.25) is 5.02 Å². The van der Waals surface area contributed by atoms with E-state index in [9.17, 15) is 13.9 Å². The van der Waals surface area contributed by atoms with Crippen LogP contribution in [0.4, 0.5) is 24.0 Å². The summed E-state index contributed by atoms with van der Waals surface area (Å²) < 4.78 is 58.7. The maximum atomic E-state index is 16.8. The summed E-state index contributed by atoms with van der Waals surface area (Å²) in [6, 6.07) is 4.23. The second-order valence-electron chi connectivity index (χ2n) is 11.8. The summed E-state index contributed by atoms with van der Waals surface area (Å²) in [5.41, 5.74) is 5.76. The Labute approximate surface area is 255 Å². The Morgan fingerprint density at radius 3 is 2.91 bits per heavy atom. The van der Waals surface area contributed by atoms with E-state index in [1.54, 1.807) is 20.0 Å². The number of halogens is 4. The Bertz CT molecular complexity index is 1760. The monoisotopic (exact) mass is 633 g/mol. The van der Waals surface area contributed by atoms with E-state index in [0.717, 1.165) is 30.7 Å². The minimum absolute atomic E-state index is 0.0354. The van der Waals surface area contributed by atoms with Crippen molar-refractivity contribution >= 4 is 54.7 Å². The summed E-state index contributed by atoms with van der Waals surface area (Å²) in [5.74, 6) is -0.774. The third-order valence-electron chi connectivity index (χ3n) is 9.02. The highest BCUT2D eigenvalue weighted by atomic mass is 35.5. The highest BCUT2D eigenvalue weighted by Crippen LogP contribution is 2.50. The number of aromatic nitrogens is 2. The van der Waals surface area contributed by atoms with E-state index in [-0.39, 0.29) is 44.6 Å². The molecule has 0 amide bonds. The number of hydrogen-bond acceptors (Lipinski definition) is 9. The maximum absolute atomic E-state index is 16.8. The number of anilines is 2. The van der Waals surface area contributed by atoms with Gasteiger partial charge in [0, 0.05) is 43.9 Å². The first-order chi connectivity index (χ1) is 20.6. The number of nitrogen functional groups attached to an aromatic ring is 1. The molecular formula is C30H31ClF3N5O3S. The average Bonchev–Trinajstić information content (AvgIpc) is 3.62. The number of rotatable bonds is 5. The van der Waals surface area contributed by atoms with Crippen LogP contribution in [0, 0.1) is 11.6 Å². The van der Waals surface area contributed by atoms with Crippen LogP contribution in [0.25, 0.3) is 32.1 Å². The summed E-state index contributed by atoms with van der Waals surface area (Å²) in [5, 5.41) is 11.5. The molecule has 3 N–H and O–H groups in total. The van der Waals surface area contributed by atoms with Gasteiger partial charge in [-0.15, -0.1) is 11.3 Å². The van der Waals surface area contributed by atoms with Gasteiger partial charge in [-0.3, -0.25) is 4.90 Å². The Kier molecular flexibility index (Phi) is 7.03. The van der Waals surface area contributed by atoms with Gasteiger partial charge < -0.3 is 25.2 Å². The molecule has 2 fully saturated rings. The quantitative estimate of drug-likeness (QED) is 0.278. The Morgan fingerprint density at radius 1 is 1.30 bits per heavy atom. The van der Waals surface area contributed by atoms with E-state index in [0.29, 0.717) is 47.7 Å². The van der Waals surface area contributed by atoms with Crippen molar-refractivity contribution in [3.8, 4) is 22.9 Å². The number of benzene rings is 2. The number of thiophene rings is 1. The van der Waals surface area contributed by atoms with Crippen molar-refractivity contribution in [2.75, 3.05) is 43.9 Å². The molecule has 2 unspecified atom stereocenters. The van der Waals surface area contributed by atoms with Crippen molar-refractivity contribution in [3.05, 3.63) is 34.9 Å². The molecule has 3 aliphatic rings. The summed E-state index contributed by atoms with van der Waals surface area (Å²) in [6.45, 7) is 3.40. The number of nitrogens with two attached hydrogens (primary N) is 1. The van der Waals surface area contributed by atoms with Gasteiger partial charge in [0.2, 0.25) is 0 Å². The molecule has 0 saturated carbocycles. The van der Waals surface area contributed by atoms with Crippen LogP contribution < -0.4 is 20.1 Å². The van der Waals surface area contributed by atoms with Crippen LogP contribution in [0.3, 0.4) is 0 Å². The van der Waals surface area contributed by atoms with Crippen LogP contribution in [0.5, 0.6) is 11.8 Å². The molecular weight excluding hydrogens is 603 g/mol. The molecule has 7 rings (SSSR count). The lowest BCUT2D eigenvalue weighted by Gasteiger charge is -2.32. The molecule has 5 heterocycles. The molecule has 0 bridgehead atoms. The molecule has 0 spiro atoms. The molecule has 2 aromatic heterocycles. The van der Waals surface area contributed by atoms with Crippen molar-refractivity contribution in [1.82, 2.24) is 14.9 Å². The molecule has 13 heteroatoms. The lowest BCUT2D eigenvalue weighted by atomic mass is 9.95. The predicted molar refractivity (Wildman–Crippen MR) is 162 cm³/mol. The van der Waals surface area contributed by atoms with Crippen molar-refractivity contribution in [2.24, 2.45) is 0 Å². The van der Waals surface area contributed by atoms with E-state index < -0.39 is 35.6 Å². The number of hydrogen-bond donors (Lipinski definition) is 2. The van der Waals surface area contributed by atoms with E-state index in [4.69, 9.17) is 26.8 Å². The normalized spacial score (nSPS) is 24.7. The van der Waals surface area contributed by atoms with Crippen molar-refractivity contribution in [3.63, 3.8) is 0 Å². The Balaban J connectivity index is 1.44. The highest BCUT2D eigenvalue weighted by Gasteiger charge is 2.49. The van der Waals surface area contributed by atoms with Gasteiger partial charge in [-0.05, 0) is 44.0 Å². The zero-order valence-electron chi connectivity index (χ0n) is 23.7. The highest BCUT2D eigenvalue weighted by molar-refractivity contribution is 7.22. The summed E-state index contributed by atoms with van der Waals surface area (Å²) >= 11 is 8.03. The Morgan fingerprint density at radius 2 is 2.12 bits per heavy atom. The van der Waals surface area contributed by atoms with Crippen LogP contribution in [0.1, 0.15) is 32.6 Å². The van der Waals surface area contributed by atoms with Gasteiger partial charge in [0.05, 0.1) is 31.8 Å². The lowest BCUT2D eigenvalue weighted by Crippen LogP contribution is -2.43. The zero-order chi connectivity index (χ0) is 30.2. The smallest absolute Gasteiger partial charge is 0.319 e. The minimum atomic E-state index is -0.927. The number of nitrogens with zero attached hydrogens (tertiary/aromatic N) is 4. The largest absolute Gasteiger partial charge is 0.485 e. The van der Waals surface area contributed by atoms with Gasteiger partial charge >= 0.3 is 6.01 Å². The molecule has 8 nitrogen and oxygen atoms in total. The fourth-order valence-electron chi connectivity index (χ4n) is 6.87. The van der Waals surface area contributed by atoms with Crippen LogP contribution in [-0.4, -0.2) is 77.2 Å². The first-order valence-electron chi connectivity index (χ1n) is 14.3. The first-order valence-corrected chi connectivity index (χ1v) is 15.5. The van der Waals surface area contributed by atoms with E-state index in [1.807, 2.05) is 4.90 Å². The number of ether oxygens (including phenoxy) is 2. The number of alkyl halides is 1. The summed E-state index contributed by atoms with van der Waals surface area (Å²) in [7, 11) is 1.80. The molecule has 0 aliphatic carbocycles. The Hall–Kier alpha value is -3.06. The van der Waals surface area contributed by atoms with E-state index >= 15 is 4.39 Å². The van der Waals surface area contributed by atoms with Crippen molar-refractivity contribution in [1.29, 1.82) is 0 Å². The summed E-state index contributed by atoms with van der Waals surface area (Å²) in [4.78, 5) is 13.2. The SMILES string of the molecule is CC(O)C1CCN(C)c2nc(OC[C@@]34CCCN3C[C@H](F)C4)nc3c(F)c(-c4ccc(F)c5sc(N)cc45)c(Cl)c(c23)O1. The molecule has 4 atom stereocenters. The number of aliphatic hydroxyl groups excluding tert-OH is 1. The molecule has 2 aromatic carbocycles. The van der Waals surface area contributed by atoms with Crippen LogP contribution in [0.15, 0.2) is 18.2 Å². The molecule has 4 aromatic rings. The molecule has 43 heavy (non-hydrogen) atoms. The van der Waals surface area contributed by atoms with Gasteiger partial charge in [-0.1, -0.05) is 17.7 Å². The maximum Gasteiger partial charge on any atom is 0.319 e. The fraction of sp³-hybridized carbons (Fsp3) is 0.467.